The van der Waals surface area contributed by atoms with Crippen LogP contribution < -0.4 is 4.74 Å². The Balaban J connectivity index is 0.000000154. The number of benzene rings is 7. The van der Waals surface area contributed by atoms with Gasteiger partial charge in [-0.05, 0) is 144 Å². The monoisotopic (exact) mass is 1170 g/mol. The number of H-pyrrole nitrogens is 1. The molecule has 4 heterocycles. The van der Waals surface area contributed by atoms with Gasteiger partial charge < -0.3 is 48.2 Å². The van der Waals surface area contributed by atoms with Crippen LogP contribution in [0, 0.1) is 27.7 Å². The maximum absolute atomic E-state index is 12.1. The predicted molar refractivity (Wildman–Crippen MR) is 336 cm³/mol. The number of hydrogen-bond donors (Lipinski definition) is 4. The molecule has 0 fully saturated rings. The van der Waals surface area contributed by atoms with Crippen molar-refractivity contribution in [1.82, 2.24) is 18.7 Å². The molecule has 0 aliphatic heterocycles. The molecular formula is C69H75BrN4O8. The van der Waals surface area contributed by atoms with Gasteiger partial charge in [0.25, 0.3) is 0 Å². The lowest BCUT2D eigenvalue weighted by Gasteiger charge is -2.17. The fourth-order valence-electron chi connectivity index (χ4n) is 9.59. The molecule has 0 saturated heterocycles. The summed E-state index contributed by atoms with van der Waals surface area (Å²) in [6, 6.07) is 62.0. The zero-order valence-corrected chi connectivity index (χ0v) is 49.7. The van der Waals surface area contributed by atoms with Gasteiger partial charge in [-0.15, -0.1) is 0 Å². The topological polar surface area (TPSA) is 153 Å². The normalized spacial score (nSPS) is 11.5. The number of ether oxygens (including phenoxy) is 3. The number of carbonyl (C=O) groups excluding carboxylic acids is 2. The van der Waals surface area contributed by atoms with Crippen LogP contribution in [0.4, 0.5) is 0 Å². The molecule has 4 aromatic heterocycles. The highest BCUT2D eigenvalue weighted by atomic mass is 79.9. The lowest BCUT2D eigenvalue weighted by atomic mass is 10.2. The molecule has 13 heteroatoms. The van der Waals surface area contributed by atoms with Gasteiger partial charge in [-0.2, -0.15) is 0 Å². The zero-order valence-electron chi connectivity index (χ0n) is 48.1. The molecule has 7 aromatic carbocycles. The summed E-state index contributed by atoms with van der Waals surface area (Å²) in [5, 5.41) is 32.8. The molecule has 0 spiro atoms. The van der Waals surface area contributed by atoms with Crippen molar-refractivity contribution in [2.75, 3.05) is 13.2 Å². The number of carbonyl (C=O) groups is 2. The fraction of sp³-hybridized carbons (Fsp3) is 0.246. The molecule has 82 heavy (non-hydrogen) atoms. The summed E-state index contributed by atoms with van der Waals surface area (Å²) in [6.07, 6.45) is 0.760. The smallest absolute Gasteiger partial charge is 0.347 e. The fourth-order valence-corrected chi connectivity index (χ4v) is 9.72. The molecule has 0 radical (unpaired) electrons. The van der Waals surface area contributed by atoms with Crippen LogP contribution in [0.1, 0.15) is 80.0 Å². The van der Waals surface area contributed by atoms with E-state index in [2.05, 4.69) is 116 Å². The van der Waals surface area contributed by atoms with Crippen molar-refractivity contribution in [2.45, 2.75) is 98.8 Å². The van der Waals surface area contributed by atoms with Crippen LogP contribution in [0.5, 0.6) is 23.0 Å². The first-order valence-electron chi connectivity index (χ1n) is 27.8. The Morgan fingerprint density at radius 2 is 0.854 bits per heavy atom. The van der Waals surface area contributed by atoms with Crippen LogP contribution in [0.15, 0.2) is 188 Å². The first-order chi connectivity index (χ1) is 39.6. The number of esters is 2. The zero-order chi connectivity index (χ0) is 58.7. The molecule has 0 aliphatic carbocycles. The minimum atomic E-state index is -0.585. The van der Waals surface area contributed by atoms with Crippen LogP contribution in [-0.4, -0.2) is 70.1 Å². The summed E-state index contributed by atoms with van der Waals surface area (Å²) >= 11 is 3.17. The number of alkyl halides is 1. The first-order valence-corrected chi connectivity index (χ1v) is 28.7. The number of hydrogen-bond acceptors (Lipinski definition) is 8. The first kappa shape index (κ1) is 61.0. The van der Waals surface area contributed by atoms with E-state index in [4.69, 9.17) is 14.2 Å². The summed E-state index contributed by atoms with van der Waals surface area (Å²) < 4.78 is 22.6. The van der Waals surface area contributed by atoms with Crippen molar-refractivity contribution in [3.63, 3.8) is 0 Å². The molecule has 2 unspecified atom stereocenters. The van der Waals surface area contributed by atoms with Gasteiger partial charge in [0.2, 0.25) is 0 Å². The minimum Gasteiger partial charge on any atom is -0.507 e. The van der Waals surface area contributed by atoms with Crippen LogP contribution in [0.2, 0.25) is 0 Å². The second-order valence-electron chi connectivity index (χ2n) is 19.8. The number of nitrogens with zero attached hydrogens (tertiary/aromatic N) is 3. The Hall–Kier alpha value is -8.68. The number of fused-ring (bicyclic) bond motifs is 4. The SMILES string of the molecule is CCOC(=O)C(Br)CC.CCOC(=O)C(CC)Oc1cccc2c1cc(C)n2Cc1ccccc1.Cc1cc2c(O)cccc2[nH]1.Cc1cc2c(O)cccc2n1Cc1ccccc1.Cc1cc2c(O)cccc2n1Cc1ccccc1. The third-order valence-electron chi connectivity index (χ3n) is 13.8. The van der Waals surface area contributed by atoms with E-state index in [1.165, 1.54) is 16.7 Å². The summed E-state index contributed by atoms with van der Waals surface area (Å²) in [6.45, 7) is 18.9. The maximum Gasteiger partial charge on any atom is 0.347 e. The van der Waals surface area contributed by atoms with Crippen molar-refractivity contribution in [3.05, 3.63) is 228 Å². The number of aryl methyl sites for hydroxylation is 4. The number of halogens is 1. The van der Waals surface area contributed by atoms with Crippen LogP contribution in [0.3, 0.4) is 0 Å². The third-order valence-corrected chi connectivity index (χ3v) is 14.8. The number of phenolic OH excluding ortho intramolecular Hbond substituents is 3. The Labute approximate surface area is 489 Å². The van der Waals surface area contributed by atoms with Gasteiger partial charge in [0.15, 0.2) is 6.10 Å². The molecule has 0 aliphatic rings. The largest absolute Gasteiger partial charge is 0.507 e. The van der Waals surface area contributed by atoms with Crippen LogP contribution in [0.25, 0.3) is 43.6 Å². The van der Waals surface area contributed by atoms with Gasteiger partial charge >= 0.3 is 11.9 Å². The number of rotatable bonds is 14. The van der Waals surface area contributed by atoms with Crippen LogP contribution in [-0.2, 0) is 38.7 Å². The van der Waals surface area contributed by atoms with E-state index < -0.39 is 6.10 Å². The Bertz CT molecular complexity index is 3680. The van der Waals surface area contributed by atoms with Crippen molar-refractivity contribution < 1.29 is 39.1 Å². The molecular weight excluding hydrogens is 1090 g/mol. The van der Waals surface area contributed by atoms with Crippen molar-refractivity contribution >= 4 is 71.5 Å². The molecule has 4 N–H and O–H groups in total. The highest BCUT2D eigenvalue weighted by Crippen LogP contribution is 2.32. The molecule has 11 aromatic rings. The Kier molecular flexibility index (Phi) is 22.1. The number of phenols is 3. The van der Waals surface area contributed by atoms with Gasteiger partial charge in [-0.3, -0.25) is 4.79 Å². The number of aromatic nitrogens is 4. The highest BCUT2D eigenvalue weighted by molar-refractivity contribution is 9.10. The lowest BCUT2D eigenvalue weighted by molar-refractivity contribution is -0.151. The molecule has 12 nitrogen and oxygen atoms in total. The van der Waals surface area contributed by atoms with Gasteiger partial charge in [0.1, 0.15) is 27.8 Å². The summed E-state index contributed by atoms with van der Waals surface area (Å²) in [4.78, 5) is 25.8. The number of aromatic hydroxyl groups is 3. The standard InChI is InChI=1S/C22H25NO3.2C16H15NO.C9H9NO.C6H11BrO2/c1-4-20(22(24)25-5-2)26-21-13-9-12-19-18(21)14-16(3)23(19)15-17-10-7-6-8-11-17;2*1-12-10-14-15(8-5-9-16(14)18)17(12)11-13-6-3-2-4-7-13;1-6-5-7-8(10-6)3-2-4-9(7)11;1-3-5(7)6(8)9-4-2/h6-14,20H,4-5,15H2,1-3H3;2*2-10,18H,11H2,1H3;2-5,10-11H,1H3;5H,3-4H2,1-2H3. The van der Waals surface area contributed by atoms with Crippen molar-refractivity contribution in [3.8, 4) is 23.0 Å². The second kappa shape index (κ2) is 29.7. The Morgan fingerprint density at radius 1 is 0.463 bits per heavy atom. The average molecular weight is 1170 g/mol. The second-order valence-corrected chi connectivity index (χ2v) is 20.9. The Morgan fingerprint density at radius 3 is 1.27 bits per heavy atom. The molecule has 0 saturated carbocycles. The van der Waals surface area contributed by atoms with E-state index in [1.807, 2.05) is 130 Å². The summed E-state index contributed by atoms with van der Waals surface area (Å²) in [5.74, 6) is 1.28. The average Bonchev–Trinajstić information content (AvgIpc) is 4.45. The van der Waals surface area contributed by atoms with Gasteiger partial charge in [0.05, 0.1) is 29.8 Å². The van der Waals surface area contributed by atoms with Gasteiger partial charge in [-0.1, -0.05) is 145 Å². The highest BCUT2D eigenvalue weighted by Gasteiger charge is 2.22. The lowest BCUT2D eigenvalue weighted by Crippen LogP contribution is -2.28. The van der Waals surface area contributed by atoms with Crippen LogP contribution >= 0.6 is 15.9 Å². The predicted octanol–water partition coefficient (Wildman–Crippen LogP) is 16.0. The number of aromatic amines is 1. The summed E-state index contributed by atoms with van der Waals surface area (Å²) in [5.41, 5.74) is 12.6. The van der Waals surface area contributed by atoms with Crippen molar-refractivity contribution in [2.24, 2.45) is 0 Å². The van der Waals surface area contributed by atoms with E-state index in [1.54, 1.807) is 32.0 Å². The maximum atomic E-state index is 12.1. The van der Waals surface area contributed by atoms with E-state index in [0.29, 0.717) is 36.9 Å². The van der Waals surface area contributed by atoms with Gasteiger partial charge in [0, 0.05) is 69.5 Å². The molecule has 0 bridgehead atoms. The van der Waals surface area contributed by atoms with Gasteiger partial charge in [-0.25, -0.2) is 4.79 Å². The van der Waals surface area contributed by atoms with E-state index in [0.717, 1.165) is 98.2 Å². The van der Waals surface area contributed by atoms with Crippen molar-refractivity contribution in [1.29, 1.82) is 0 Å². The quantitative estimate of drug-likeness (QED) is 0.0620. The summed E-state index contributed by atoms with van der Waals surface area (Å²) in [7, 11) is 0. The molecule has 11 rings (SSSR count). The third kappa shape index (κ3) is 15.8. The molecule has 2 atom stereocenters. The number of nitrogens with one attached hydrogen (secondary N) is 1. The minimum absolute atomic E-state index is 0.127. The molecule has 426 valence electrons. The van der Waals surface area contributed by atoms with E-state index in [-0.39, 0.29) is 16.8 Å². The molecule has 0 amide bonds. The van der Waals surface area contributed by atoms with E-state index in [9.17, 15) is 24.9 Å². The van der Waals surface area contributed by atoms with E-state index >= 15 is 0 Å².